The predicted molar refractivity (Wildman–Crippen MR) is 118 cm³/mol. The third-order valence-electron chi connectivity index (χ3n) is 4.45. The van der Waals surface area contributed by atoms with Crippen LogP contribution in [-0.2, 0) is 28.7 Å². The van der Waals surface area contributed by atoms with Crippen LogP contribution in [0.2, 0.25) is 0 Å². The molecule has 0 saturated carbocycles. The summed E-state index contributed by atoms with van der Waals surface area (Å²) in [4.78, 5) is 8.69. The van der Waals surface area contributed by atoms with Crippen LogP contribution in [0.1, 0.15) is 11.1 Å². The van der Waals surface area contributed by atoms with Crippen LogP contribution in [0.4, 0.5) is 20.4 Å². The molecule has 4 rings (SSSR count). The molecule has 0 saturated heterocycles. The van der Waals surface area contributed by atoms with Crippen molar-refractivity contribution in [2.75, 3.05) is 11.6 Å². The lowest BCUT2D eigenvalue weighted by Gasteiger charge is -2.10. The van der Waals surface area contributed by atoms with E-state index in [1.165, 1.54) is 18.6 Å². The fourth-order valence-corrected chi connectivity index (χ4v) is 3.98. The van der Waals surface area contributed by atoms with E-state index < -0.39 is 22.8 Å². The van der Waals surface area contributed by atoms with Gasteiger partial charge < -0.3 is 5.32 Å². The van der Waals surface area contributed by atoms with Gasteiger partial charge in [-0.25, -0.2) is 26.9 Å². The van der Waals surface area contributed by atoms with E-state index in [1.54, 1.807) is 29.2 Å². The summed E-state index contributed by atoms with van der Waals surface area (Å²) in [6, 6.07) is 7.27. The van der Waals surface area contributed by atoms with E-state index in [0.29, 0.717) is 28.8 Å². The molecule has 3 aromatic heterocycles. The van der Waals surface area contributed by atoms with Crippen LogP contribution >= 0.6 is 12.4 Å². The van der Waals surface area contributed by atoms with Crippen molar-refractivity contribution in [1.82, 2.24) is 29.5 Å². The number of halogens is 3. The minimum Gasteiger partial charge on any atom is -0.321 e. The molecule has 9 nitrogen and oxygen atoms in total. The van der Waals surface area contributed by atoms with Gasteiger partial charge in [0.1, 0.15) is 6.54 Å². The number of sulfone groups is 1. The lowest BCUT2D eigenvalue weighted by Crippen LogP contribution is -2.09. The van der Waals surface area contributed by atoms with Crippen molar-refractivity contribution in [3.8, 4) is 0 Å². The normalized spacial score (nSPS) is 11.6. The lowest BCUT2D eigenvalue weighted by molar-refractivity contribution is 0.122. The SMILES string of the molecule is CS(=O)(=O)Cc1ccccc1Cn1ncc2cnc(Nc3cnn(CC(F)F)c3)nc21.Cl. The van der Waals surface area contributed by atoms with Gasteiger partial charge in [0.05, 0.1) is 35.8 Å². The second-order valence-electron chi connectivity index (χ2n) is 7.08. The van der Waals surface area contributed by atoms with Crippen LogP contribution in [0.15, 0.2) is 49.1 Å². The number of nitrogens with zero attached hydrogens (tertiary/aromatic N) is 6. The van der Waals surface area contributed by atoms with E-state index in [0.717, 1.165) is 10.2 Å². The molecule has 32 heavy (non-hydrogen) atoms. The zero-order valence-corrected chi connectivity index (χ0v) is 18.5. The van der Waals surface area contributed by atoms with E-state index in [4.69, 9.17) is 0 Å². The highest BCUT2D eigenvalue weighted by molar-refractivity contribution is 7.89. The van der Waals surface area contributed by atoms with Gasteiger partial charge in [0.15, 0.2) is 15.5 Å². The molecule has 0 aliphatic carbocycles. The van der Waals surface area contributed by atoms with Gasteiger partial charge in [-0.05, 0) is 11.1 Å². The molecule has 1 aromatic carbocycles. The van der Waals surface area contributed by atoms with Gasteiger partial charge in [-0.1, -0.05) is 24.3 Å². The Morgan fingerprint density at radius 2 is 1.84 bits per heavy atom. The predicted octanol–water partition coefficient (Wildman–Crippen LogP) is 3.05. The van der Waals surface area contributed by atoms with Crippen molar-refractivity contribution in [2.24, 2.45) is 0 Å². The number of hydrogen-bond acceptors (Lipinski definition) is 7. The summed E-state index contributed by atoms with van der Waals surface area (Å²) < 4.78 is 51.3. The van der Waals surface area contributed by atoms with E-state index in [1.807, 2.05) is 12.1 Å². The summed E-state index contributed by atoms with van der Waals surface area (Å²) in [7, 11) is -3.19. The molecule has 0 atom stereocenters. The Bertz CT molecular complexity index is 1320. The van der Waals surface area contributed by atoms with Gasteiger partial charge in [-0.3, -0.25) is 4.68 Å². The van der Waals surface area contributed by atoms with Gasteiger partial charge in [-0.2, -0.15) is 15.2 Å². The largest absolute Gasteiger partial charge is 0.321 e. The number of fused-ring (bicyclic) bond motifs is 1. The first-order chi connectivity index (χ1) is 14.8. The zero-order valence-electron chi connectivity index (χ0n) is 16.9. The summed E-state index contributed by atoms with van der Waals surface area (Å²) in [5.74, 6) is 0.197. The van der Waals surface area contributed by atoms with Crippen LogP contribution in [0.3, 0.4) is 0 Å². The monoisotopic (exact) mass is 483 g/mol. The van der Waals surface area contributed by atoms with Crippen molar-refractivity contribution in [2.45, 2.75) is 25.3 Å². The van der Waals surface area contributed by atoms with Gasteiger partial charge in [0, 0.05) is 18.6 Å². The molecular weight excluding hydrogens is 464 g/mol. The average Bonchev–Trinajstić information content (AvgIpc) is 3.28. The molecule has 13 heteroatoms. The van der Waals surface area contributed by atoms with Crippen LogP contribution in [0.5, 0.6) is 0 Å². The third kappa shape index (κ3) is 5.77. The Hall–Kier alpha value is -3.12. The summed E-state index contributed by atoms with van der Waals surface area (Å²) in [5, 5.41) is 11.9. The van der Waals surface area contributed by atoms with E-state index in [2.05, 4.69) is 25.5 Å². The van der Waals surface area contributed by atoms with E-state index in [9.17, 15) is 17.2 Å². The maximum absolute atomic E-state index is 12.5. The topological polar surface area (TPSA) is 108 Å². The molecule has 3 heterocycles. The summed E-state index contributed by atoms with van der Waals surface area (Å²) in [6.45, 7) is -0.167. The second kappa shape index (κ2) is 9.57. The first-order valence-electron chi connectivity index (χ1n) is 9.27. The summed E-state index contributed by atoms with van der Waals surface area (Å²) in [6.07, 6.45) is 4.77. The molecule has 0 bridgehead atoms. The maximum Gasteiger partial charge on any atom is 0.257 e. The molecule has 0 unspecified atom stereocenters. The number of rotatable bonds is 8. The Balaban J connectivity index is 0.00000289. The van der Waals surface area contributed by atoms with Crippen LogP contribution < -0.4 is 5.32 Å². The van der Waals surface area contributed by atoms with E-state index >= 15 is 0 Å². The number of aromatic nitrogens is 6. The number of alkyl halides is 2. The standard InChI is InChI=1S/C19H19F2N7O2S.ClH/c1-31(29,30)12-14-5-3-2-4-13(14)9-28-18-15(7-24-28)6-22-19(26-18)25-16-8-23-27(10-16)11-17(20)21;/h2-8,10,17H,9,11-12H2,1H3,(H,22,25,26);1H. The highest BCUT2D eigenvalue weighted by Crippen LogP contribution is 2.19. The maximum atomic E-state index is 12.5. The minimum absolute atomic E-state index is 0. The minimum atomic E-state index is -3.19. The number of benzene rings is 1. The smallest absolute Gasteiger partial charge is 0.257 e. The van der Waals surface area contributed by atoms with Crippen molar-refractivity contribution >= 4 is 44.9 Å². The molecule has 0 amide bonds. The Kier molecular flexibility index (Phi) is 7.04. The number of hydrogen-bond donors (Lipinski definition) is 1. The second-order valence-corrected chi connectivity index (χ2v) is 9.22. The molecule has 1 N–H and O–H groups in total. The van der Waals surface area contributed by atoms with E-state index in [-0.39, 0.29) is 24.1 Å². The number of nitrogens with one attached hydrogen (secondary N) is 1. The van der Waals surface area contributed by atoms with Crippen molar-refractivity contribution in [3.63, 3.8) is 0 Å². The van der Waals surface area contributed by atoms with Gasteiger partial charge >= 0.3 is 0 Å². The zero-order chi connectivity index (χ0) is 22.0. The lowest BCUT2D eigenvalue weighted by atomic mass is 10.1. The quantitative estimate of drug-likeness (QED) is 0.410. The van der Waals surface area contributed by atoms with Crippen LogP contribution in [-0.4, -0.2) is 50.6 Å². The molecule has 0 spiro atoms. The highest BCUT2D eigenvalue weighted by Gasteiger charge is 2.13. The summed E-state index contributed by atoms with van der Waals surface area (Å²) in [5.41, 5.74) is 2.54. The molecule has 0 aliphatic rings. The molecular formula is C19H20ClF2N7O2S. The summed E-state index contributed by atoms with van der Waals surface area (Å²) >= 11 is 0. The highest BCUT2D eigenvalue weighted by atomic mass is 35.5. The number of anilines is 2. The Labute approximate surface area is 188 Å². The van der Waals surface area contributed by atoms with Crippen molar-refractivity contribution in [1.29, 1.82) is 0 Å². The molecule has 170 valence electrons. The van der Waals surface area contributed by atoms with Gasteiger partial charge in [0.2, 0.25) is 5.95 Å². The van der Waals surface area contributed by atoms with Crippen molar-refractivity contribution < 1.29 is 17.2 Å². The van der Waals surface area contributed by atoms with Gasteiger partial charge in [0.25, 0.3) is 6.43 Å². The van der Waals surface area contributed by atoms with Gasteiger partial charge in [-0.15, -0.1) is 12.4 Å². The third-order valence-corrected chi connectivity index (χ3v) is 5.28. The fourth-order valence-electron chi connectivity index (χ4n) is 3.14. The van der Waals surface area contributed by atoms with Crippen LogP contribution in [0.25, 0.3) is 11.0 Å². The average molecular weight is 484 g/mol. The Morgan fingerprint density at radius 1 is 1.09 bits per heavy atom. The Morgan fingerprint density at radius 3 is 2.56 bits per heavy atom. The first-order valence-corrected chi connectivity index (χ1v) is 11.3. The fraction of sp³-hybridized carbons (Fsp3) is 0.263. The first kappa shape index (κ1) is 23.5. The van der Waals surface area contributed by atoms with Crippen molar-refractivity contribution in [3.05, 3.63) is 60.2 Å². The molecule has 0 radical (unpaired) electrons. The molecule has 0 fully saturated rings. The molecule has 4 aromatic rings. The van der Waals surface area contributed by atoms with Crippen LogP contribution in [0, 0.1) is 0 Å². The molecule has 0 aliphatic heterocycles.